The molecule has 3 N–H and O–H groups in total. The molecule has 0 saturated carbocycles. The minimum atomic E-state index is -0.465. The second-order valence-corrected chi connectivity index (χ2v) is 3.08. The molecule has 0 aliphatic heterocycles. The van der Waals surface area contributed by atoms with Crippen molar-refractivity contribution in [2.45, 2.75) is 12.8 Å². The standard InChI is InChI=1S/C10H16N2O4/c1-14-9(15-2)6-12-10(13)8-4-3-7(5-11)16-8/h3-4,9H,5-6,11H2,1-2H3,(H,12,13). The van der Waals surface area contributed by atoms with Crippen molar-refractivity contribution in [1.82, 2.24) is 5.32 Å². The number of ether oxygens (including phenoxy) is 2. The van der Waals surface area contributed by atoms with Gasteiger partial charge < -0.3 is 24.9 Å². The number of hydrogen-bond acceptors (Lipinski definition) is 5. The van der Waals surface area contributed by atoms with Gasteiger partial charge in [0.05, 0.1) is 13.1 Å². The maximum atomic E-state index is 11.6. The van der Waals surface area contributed by atoms with Gasteiger partial charge in [-0.1, -0.05) is 0 Å². The molecule has 0 aliphatic rings. The van der Waals surface area contributed by atoms with E-state index < -0.39 is 6.29 Å². The summed E-state index contributed by atoms with van der Waals surface area (Å²) in [5.41, 5.74) is 5.36. The highest BCUT2D eigenvalue weighted by Crippen LogP contribution is 2.06. The van der Waals surface area contributed by atoms with Crippen LogP contribution in [0.2, 0.25) is 0 Å². The molecule has 0 saturated heterocycles. The third-order valence-electron chi connectivity index (χ3n) is 2.04. The van der Waals surface area contributed by atoms with Crippen molar-refractivity contribution in [2.24, 2.45) is 5.73 Å². The first kappa shape index (κ1) is 12.7. The van der Waals surface area contributed by atoms with Crippen molar-refractivity contribution in [3.8, 4) is 0 Å². The van der Waals surface area contributed by atoms with E-state index in [1.54, 1.807) is 12.1 Å². The lowest BCUT2D eigenvalue weighted by Crippen LogP contribution is -2.33. The van der Waals surface area contributed by atoms with Crippen LogP contribution in [0.4, 0.5) is 0 Å². The zero-order valence-electron chi connectivity index (χ0n) is 9.36. The van der Waals surface area contributed by atoms with E-state index in [1.807, 2.05) is 0 Å². The van der Waals surface area contributed by atoms with Crippen LogP contribution >= 0.6 is 0 Å². The van der Waals surface area contributed by atoms with Gasteiger partial charge in [0, 0.05) is 14.2 Å². The highest BCUT2D eigenvalue weighted by atomic mass is 16.7. The van der Waals surface area contributed by atoms with Crippen LogP contribution in [0.25, 0.3) is 0 Å². The largest absolute Gasteiger partial charge is 0.455 e. The maximum absolute atomic E-state index is 11.6. The lowest BCUT2D eigenvalue weighted by Gasteiger charge is -2.13. The number of carbonyl (C=O) groups excluding carboxylic acids is 1. The smallest absolute Gasteiger partial charge is 0.287 e. The van der Waals surface area contributed by atoms with Crippen LogP contribution in [0.15, 0.2) is 16.5 Å². The third-order valence-corrected chi connectivity index (χ3v) is 2.04. The molecular formula is C10H16N2O4. The minimum absolute atomic E-state index is 0.228. The Hall–Kier alpha value is -1.37. The molecule has 0 atom stereocenters. The van der Waals surface area contributed by atoms with E-state index in [4.69, 9.17) is 19.6 Å². The molecule has 0 aromatic carbocycles. The number of nitrogens with two attached hydrogens (primary N) is 1. The van der Waals surface area contributed by atoms with Gasteiger partial charge in [0.1, 0.15) is 5.76 Å². The highest BCUT2D eigenvalue weighted by Gasteiger charge is 2.12. The van der Waals surface area contributed by atoms with E-state index in [0.29, 0.717) is 5.76 Å². The molecule has 1 aromatic heterocycles. The summed E-state index contributed by atoms with van der Waals surface area (Å²) in [4.78, 5) is 11.6. The molecule has 6 nitrogen and oxygen atoms in total. The number of nitrogens with one attached hydrogen (secondary N) is 1. The summed E-state index contributed by atoms with van der Waals surface area (Å²) < 4.78 is 15.0. The van der Waals surface area contributed by atoms with Gasteiger partial charge in [0.15, 0.2) is 12.1 Å². The summed E-state index contributed by atoms with van der Waals surface area (Å²) >= 11 is 0. The topological polar surface area (TPSA) is 86.7 Å². The Labute approximate surface area is 93.7 Å². The molecule has 0 bridgehead atoms. The predicted molar refractivity (Wildman–Crippen MR) is 56.7 cm³/mol. The Kier molecular flexibility index (Phi) is 4.97. The van der Waals surface area contributed by atoms with E-state index in [9.17, 15) is 4.79 Å². The fourth-order valence-corrected chi connectivity index (χ4v) is 1.14. The van der Waals surface area contributed by atoms with Gasteiger partial charge in [0.2, 0.25) is 0 Å². The normalized spacial score (nSPS) is 10.8. The Bertz CT molecular complexity index is 333. The molecule has 6 heteroatoms. The van der Waals surface area contributed by atoms with Crippen molar-refractivity contribution >= 4 is 5.91 Å². The summed E-state index contributed by atoms with van der Waals surface area (Å²) in [5.74, 6) is 0.477. The summed E-state index contributed by atoms with van der Waals surface area (Å²) in [6, 6.07) is 3.24. The van der Waals surface area contributed by atoms with Crippen LogP contribution in [-0.2, 0) is 16.0 Å². The lowest BCUT2D eigenvalue weighted by atomic mass is 10.4. The summed E-state index contributed by atoms with van der Waals surface area (Å²) in [7, 11) is 3.00. The van der Waals surface area contributed by atoms with E-state index in [2.05, 4.69) is 5.32 Å². The minimum Gasteiger partial charge on any atom is -0.455 e. The molecule has 1 rings (SSSR count). The number of carbonyl (C=O) groups is 1. The van der Waals surface area contributed by atoms with E-state index in [-0.39, 0.29) is 24.8 Å². The van der Waals surface area contributed by atoms with Gasteiger partial charge in [0.25, 0.3) is 5.91 Å². The Morgan fingerprint density at radius 3 is 2.69 bits per heavy atom. The van der Waals surface area contributed by atoms with Crippen LogP contribution in [0.1, 0.15) is 16.3 Å². The predicted octanol–water partition coefficient (Wildman–Crippen LogP) is 0.0870. The molecule has 0 spiro atoms. The Balaban J connectivity index is 2.46. The fraction of sp³-hybridized carbons (Fsp3) is 0.500. The highest BCUT2D eigenvalue weighted by molar-refractivity contribution is 5.91. The van der Waals surface area contributed by atoms with Crippen LogP contribution in [0, 0.1) is 0 Å². The number of furan rings is 1. The number of rotatable bonds is 6. The number of methoxy groups -OCH3 is 2. The second-order valence-electron chi connectivity index (χ2n) is 3.08. The van der Waals surface area contributed by atoms with Crippen molar-refractivity contribution in [1.29, 1.82) is 0 Å². The second kappa shape index (κ2) is 6.26. The maximum Gasteiger partial charge on any atom is 0.287 e. The summed E-state index contributed by atoms with van der Waals surface area (Å²) in [6.07, 6.45) is -0.465. The number of amides is 1. The van der Waals surface area contributed by atoms with Gasteiger partial charge in [-0.05, 0) is 12.1 Å². The number of hydrogen-bond donors (Lipinski definition) is 2. The van der Waals surface area contributed by atoms with Crippen LogP contribution in [-0.4, -0.2) is 33.0 Å². The average Bonchev–Trinajstić information content (AvgIpc) is 2.78. The summed E-state index contributed by atoms with van der Waals surface area (Å²) in [5, 5.41) is 2.61. The first-order valence-corrected chi connectivity index (χ1v) is 4.83. The van der Waals surface area contributed by atoms with Gasteiger partial charge in [-0.2, -0.15) is 0 Å². The van der Waals surface area contributed by atoms with Crippen molar-refractivity contribution < 1.29 is 18.7 Å². The van der Waals surface area contributed by atoms with Gasteiger partial charge in [-0.3, -0.25) is 4.79 Å². The average molecular weight is 228 g/mol. The molecule has 0 radical (unpaired) electrons. The zero-order valence-corrected chi connectivity index (χ0v) is 9.36. The molecule has 0 unspecified atom stereocenters. The first-order chi connectivity index (χ1) is 7.71. The lowest BCUT2D eigenvalue weighted by molar-refractivity contribution is -0.0975. The fourth-order valence-electron chi connectivity index (χ4n) is 1.14. The Morgan fingerprint density at radius 1 is 1.50 bits per heavy atom. The monoisotopic (exact) mass is 228 g/mol. The van der Waals surface area contributed by atoms with Crippen molar-refractivity contribution in [3.05, 3.63) is 23.7 Å². The van der Waals surface area contributed by atoms with E-state index >= 15 is 0 Å². The molecule has 1 aromatic rings. The van der Waals surface area contributed by atoms with Gasteiger partial charge in [-0.15, -0.1) is 0 Å². The zero-order chi connectivity index (χ0) is 12.0. The molecule has 90 valence electrons. The first-order valence-electron chi connectivity index (χ1n) is 4.83. The van der Waals surface area contributed by atoms with Crippen LogP contribution < -0.4 is 11.1 Å². The molecule has 1 heterocycles. The van der Waals surface area contributed by atoms with Crippen LogP contribution in [0.5, 0.6) is 0 Å². The third kappa shape index (κ3) is 3.34. The molecule has 1 amide bonds. The molecule has 16 heavy (non-hydrogen) atoms. The molecule has 0 fully saturated rings. The van der Waals surface area contributed by atoms with Crippen LogP contribution in [0.3, 0.4) is 0 Å². The van der Waals surface area contributed by atoms with Gasteiger partial charge >= 0.3 is 0 Å². The van der Waals surface area contributed by atoms with Gasteiger partial charge in [-0.25, -0.2) is 0 Å². The van der Waals surface area contributed by atoms with Crippen molar-refractivity contribution in [3.63, 3.8) is 0 Å². The summed E-state index contributed by atoms with van der Waals surface area (Å²) in [6.45, 7) is 0.524. The SMILES string of the molecule is COC(CNC(=O)c1ccc(CN)o1)OC. The van der Waals surface area contributed by atoms with E-state index in [0.717, 1.165) is 0 Å². The Morgan fingerprint density at radius 2 is 2.19 bits per heavy atom. The molecule has 0 aliphatic carbocycles. The quantitative estimate of drug-likeness (QED) is 0.674. The van der Waals surface area contributed by atoms with Crippen molar-refractivity contribution in [2.75, 3.05) is 20.8 Å². The molecular weight excluding hydrogens is 212 g/mol. The van der Waals surface area contributed by atoms with E-state index in [1.165, 1.54) is 14.2 Å².